The van der Waals surface area contributed by atoms with Crippen LogP contribution in [0.5, 0.6) is 5.75 Å². The van der Waals surface area contributed by atoms with E-state index in [2.05, 4.69) is 4.90 Å². The van der Waals surface area contributed by atoms with Crippen molar-refractivity contribution in [3.05, 3.63) is 29.8 Å². The average molecular weight is 289 g/mol. The van der Waals surface area contributed by atoms with Gasteiger partial charge in [0.15, 0.2) is 5.78 Å². The molecule has 1 heterocycles. The molecule has 1 aromatic rings. The molecule has 1 fully saturated rings. The molecule has 0 atom stereocenters. The molecule has 0 N–H and O–H groups in total. The lowest BCUT2D eigenvalue weighted by atomic mass is 9.89. The largest absolute Gasteiger partial charge is 0.491 e. The molecule has 0 bridgehead atoms. The molecule has 2 rings (SSSR count). The molecule has 1 aliphatic rings. The zero-order valence-electron chi connectivity index (χ0n) is 13.7. The summed E-state index contributed by atoms with van der Waals surface area (Å²) in [5.74, 6) is 0.948. The first-order valence-electron chi connectivity index (χ1n) is 7.98. The Bertz CT molecular complexity index is 488. The summed E-state index contributed by atoms with van der Waals surface area (Å²) in [6, 6.07) is 7.57. The molecule has 3 heteroatoms. The van der Waals surface area contributed by atoms with Crippen LogP contribution in [0.4, 0.5) is 0 Å². The topological polar surface area (TPSA) is 29.5 Å². The second-order valence-corrected chi connectivity index (χ2v) is 6.63. The highest BCUT2D eigenvalue weighted by Gasteiger charge is 2.35. The monoisotopic (exact) mass is 289 g/mol. The van der Waals surface area contributed by atoms with Gasteiger partial charge >= 0.3 is 0 Å². The fourth-order valence-corrected chi connectivity index (χ4v) is 2.93. The van der Waals surface area contributed by atoms with Crippen molar-refractivity contribution in [3.63, 3.8) is 0 Å². The van der Waals surface area contributed by atoms with Gasteiger partial charge in [0, 0.05) is 5.56 Å². The molecule has 116 valence electrons. The van der Waals surface area contributed by atoms with E-state index >= 15 is 0 Å². The van der Waals surface area contributed by atoms with Crippen LogP contribution < -0.4 is 4.74 Å². The Morgan fingerprint density at radius 1 is 1.19 bits per heavy atom. The Hall–Kier alpha value is -1.35. The van der Waals surface area contributed by atoms with Gasteiger partial charge in [0.05, 0.1) is 11.6 Å². The quantitative estimate of drug-likeness (QED) is 0.769. The summed E-state index contributed by atoms with van der Waals surface area (Å²) in [5.41, 5.74) is 0.292. The van der Waals surface area contributed by atoms with Crippen LogP contribution in [-0.2, 0) is 0 Å². The van der Waals surface area contributed by atoms with Crippen molar-refractivity contribution in [1.29, 1.82) is 0 Å². The highest BCUT2D eigenvalue weighted by Crippen LogP contribution is 2.26. The summed E-state index contributed by atoms with van der Waals surface area (Å²) >= 11 is 0. The van der Waals surface area contributed by atoms with Crippen molar-refractivity contribution in [3.8, 4) is 5.75 Å². The molecule has 1 saturated heterocycles. The standard InChI is InChI=1S/C18H27NO2/c1-14(2)21-16-10-8-9-15(13-16)17(20)18(3,4)19-11-6-5-7-12-19/h8-10,13-14H,5-7,11-12H2,1-4H3. The Balaban J connectivity index is 2.17. The number of benzene rings is 1. The maximum absolute atomic E-state index is 12.9. The SMILES string of the molecule is CC(C)Oc1cccc(C(=O)C(C)(C)N2CCCCC2)c1. The van der Waals surface area contributed by atoms with Gasteiger partial charge in [-0.1, -0.05) is 18.6 Å². The Labute approximate surface area is 128 Å². The fraction of sp³-hybridized carbons (Fsp3) is 0.611. The Morgan fingerprint density at radius 2 is 1.86 bits per heavy atom. The van der Waals surface area contributed by atoms with E-state index in [-0.39, 0.29) is 11.9 Å². The van der Waals surface area contributed by atoms with E-state index in [9.17, 15) is 4.79 Å². The van der Waals surface area contributed by atoms with Crippen LogP contribution in [0.1, 0.15) is 57.3 Å². The first-order chi connectivity index (χ1) is 9.91. The Kier molecular flexibility index (Phi) is 5.04. The summed E-state index contributed by atoms with van der Waals surface area (Å²) < 4.78 is 5.70. The average Bonchev–Trinajstić information content (AvgIpc) is 2.47. The van der Waals surface area contributed by atoms with Gasteiger partial charge in [-0.15, -0.1) is 0 Å². The molecule has 0 aliphatic carbocycles. The van der Waals surface area contributed by atoms with Crippen LogP contribution >= 0.6 is 0 Å². The molecular formula is C18H27NO2. The summed E-state index contributed by atoms with van der Waals surface area (Å²) in [4.78, 5) is 15.2. The lowest BCUT2D eigenvalue weighted by molar-refractivity contribution is 0.0578. The number of carbonyl (C=O) groups excluding carboxylic acids is 1. The first kappa shape index (κ1) is 16.0. The summed E-state index contributed by atoms with van der Waals surface area (Å²) in [5, 5.41) is 0. The summed E-state index contributed by atoms with van der Waals surface area (Å²) in [7, 11) is 0. The molecule has 0 radical (unpaired) electrons. The molecule has 0 saturated carbocycles. The van der Waals surface area contributed by atoms with Crippen LogP contribution in [0.25, 0.3) is 0 Å². The molecule has 3 nitrogen and oxygen atoms in total. The van der Waals surface area contributed by atoms with Crippen molar-refractivity contribution < 1.29 is 9.53 Å². The highest BCUT2D eigenvalue weighted by atomic mass is 16.5. The number of nitrogens with zero attached hydrogens (tertiary/aromatic N) is 1. The summed E-state index contributed by atoms with van der Waals surface area (Å²) in [6.45, 7) is 10.1. The Morgan fingerprint density at radius 3 is 2.48 bits per heavy atom. The third kappa shape index (κ3) is 3.85. The predicted octanol–water partition coefficient (Wildman–Crippen LogP) is 3.92. The van der Waals surface area contributed by atoms with Gasteiger partial charge in [-0.05, 0) is 65.8 Å². The van der Waals surface area contributed by atoms with E-state index in [4.69, 9.17) is 4.74 Å². The highest BCUT2D eigenvalue weighted by molar-refractivity contribution is 6.03. The minimum Gasteiger partial charge on any atom is -0.491 e. The smallest absolute Gasteiger partial charge is 0.182 e. The van der Waals surface area contributed by atoms with Crippen molar-refractivity contribution >= 4 is 5.78 Å². The van der Waals surface area contributed by atoms with Gasteiger partial charge in [-0.25, -0.2) is 0 Å². The van der Waals surface area contributed by atoms with Crippen LogP contribution in [0.2, 0.25) is 0 Å². The second-order valence-electron chi connectivity index (χ2n) is 6.63. The van der Waals surface area contributed by atoms with Crippen molar-refractivity contribution in [2.45, 2.75) is 58.6 Å². The minimum absolute atomic E-state index is 0.116. The molecule has 0 aromatic heterocycles. The molecule has 0 amide bonds. The van der Waals surface area contributed by atoms with Crippen LogP contribution in [0.3, 0.4) is 0 Å². The second kappa shape index (κ2) is 6.61. The van der Waals surface area contributed by atoms with Crippen LogP contribution in [0.15, 0.2) is 24.3 Å². The number of hydrogen-bond acceptors (Lipinski definition) is 3. The normalized spacial score (nSPS) is 17.0. The molecular weight excluding hydrogens is 262 g/mol. The lowest BCUT2D eigenvalue weighted by Gasteiger charge is -2.39. The zero-order valence-corrected chi connectivity index (χ0v) is 13.7. The molecule has 21 heavy (non-hydrogen) atoms. The molecule has 0 unspecified atom stereocenters. The van der Waals surface area contributed by atoms with Gasteiger partial charge in [0.25, 0.3) is 0 Å². The lowest BCUT2D eigenvalue weighted by Crippen LogP contribution is -2.52. The molecule has 0 spiro atoms. The van der Waals surface area contributed by atoms with Crippen molar-refractivity contribution in [1.82, 2.24) is 4.90 Å². The molecule has 1 aromatic carbocycles. The van der Waals surface area contributed by atoms with E-state index in [0.717, 1.165) is 24.4 Å². The number of rotatable bonds is 5. The maximum atomic E-state index is 12.9. The van der Waals surface area contributed by atoms with E-state index in [1.54, 1.807) is 0 Å². The van der Waals surface area contributed by atoms with Crippen molar-refractivity contribution in [2.75, 3.05) is 13.1 Å². The number of likely N-dealkylation sites (tertiary alicyclic amines) is 1. The van der Waals surface area contributed by atoms with Crippen molar-refractivity contribution in [2.24, 2.45) is 0 Å². The van der Waals surface area contributed by atoms with E-state index in [1.807, 2.05) is 52.0 Å². The van der Waals surface area contributed by atoms with Gasteiger partial charge in [0.1, 0.15) is 5.75 Å². The number of Topliss-reactive ketones (excluding diaryl/α,β-unsaturated/α-hetero) is 1. The van der Waals surface area contributed by atoms with Crippen LogP contribution in [0, 0.1) is 0 Å². The van der Waals surface area contributed by atoms with Gasteiger partial charge in [0.2, 0.25) is 0 Å². The van der Waals surface area contributed by atoms with E-state index in [0.29, 0.717) is 0 Å². The van der Waals surface area contributed by atoms with Gasteiger partial charge in [-0.3, -0.25) is 9.69 Å². The predicted molar refractivity (Wildman–Crippen MR) is 86.0 cm³/mol. The third-order valence-electron chi connectivity index (χ3n) is 4.17. The third-order valence-corrected chi connectivity index (χ3v) is 4.17. The number of carbonyl (C=O) groups is 1. The molecule has 1 aliphatic heterocycles. The number of ketones is 1. The van der Waals surface area contributed by atoms with E-state index in [1.165, 1.54) is 19.3 Å². The van der Waals surface area contributed by atoms with Gasteiger partial charge in [-0.2, -0.15) is 0 Å². The van der Waals surface area contributed by atoms with Crippen LogP contribution in [-0.4, -0.2) is 35.4 Å². The zero-order chi connectivity index (χ0) is 15.5. The maximum Gasteiger partial charge on any atom is 0.182 e. The van der Waals surface area contributed by atoms with Gasteiger partial charge < -0.3 is 4.74 Å². The summed E-state index contributed by atoms with van der Waals surface area (Å²) in [6.07, 6.45) is 3.77. The number of ether oxygens (including phenoxy) is 1. The van der Waals surface area contributed by atoms with E-state index < -0.39 is 5.54 Å². The fourth-order valence-electron chi connectivity index (χ4n) is 2.93. The first-order valence-corrected chi connectivity index (χ1v) is 7.98. The minimum atomic E-state index is -0.448. The number of hydrogen-bond donors (Lipinski definition) is 0. The number of piperidine rings is 1.